The zero-order valence-corrected chi connectivity index (χ0v) is 22.7. The minimum atomic E-state index is -4.69. The van der Waals surface area contributed by atoms with Gasteiger partial charge in [0.15, 0.2) is 5.60 Å². The van der Waals surface area contributed by atoms with Gasteiger partial charge in [0.25, 0.3) is 0 Å². The molecule has 0 unspecified atom stereocenters. The number of benzene rings is 2. The van der Waals surface area contributed by atoms with E-state index in [2.05, 4.69) is 14.6 Å². The average Bonchev–Trinajstić information content (AvgIpc) is 3.48. The summed E-state index contributed by atoms with van der Waals surface area (Å²) in [5.74, 6) is 1.56. The van der Waals surface area contributed by atoms with Gasteiger partial charge in [-0.15, -0.1) is 13.2 Å². The normalized spacial score (nSPS) is 19.0. The molecule has 0 radical (unpaired) electrons. The average molecular weight is 584 g/mol. The van der Waals surface area contributed by atoms with Crippen molar-refractivity contribution in [2.24, 2.45) is 5.92 Å². The number of imidazole rings is 1. The Morgan fingerprint density at radius 3 is 2.50 bits per heavy atom. The van der Waals surface area contributed by atoms with E-state index in [0.717, 1.165) is 54.6 Å². The van der Waals surface area contributed by atoms with Crippen molar-refractivity contribution in [3.8, 4) is 17.5 Å². The predicted molar refractivity (Wildman–Crippen MR) is 147 cm³/mol. The quantitative estimate of drug-likeness (QED) is 0.186. The second-order valence-electron chi connectivity index (χ2n) is 11.0. The first-order valence-electron chi connectivity index (χ1n) is 13.6. The Kier molecular flexibility index (Phi) is 7.03. The van der Waals surface area contributed by atoms with Gasteiger partial charge in [-0.2, -0.15) is 0 Å². The summed E-state index contributed by atoms with van der Waals surface area (Å²) in [6, 6.07) is 16.0. The lowest BCUT2D eigenvalue weighted by molar-refractivity contribution is -0.389. The van der Waals surface area contributed by atoms with Crippen LogP contribution in [0.25, 0.3) is 10.9 Å². The first kappa shape index (κ1) is 27.6. The Labute approximate surface area is 238 Å². The molecule has 2 aliphatic heterocycles. The highest BCUT2D eigenvalue weighted by molar-refractivity contribution is 5.81. The number of nitro groups is 1. The molecular formula is C29H28F3N5O5. The van der Waals surface area contributed by atoms with E-state index >= 15 is 0 Å². The number of nitrogens with zero attached hydrogens (tertiary/aromatic N) is 5. The molecule has 1 fully saturated rings. The molecule has 6 rings (SSSR count). The first-order chi connectivity index (χ1) is 20.0. The summed E-state index contributed by atoms with van der Waals surface area (Å²) in [6.07, 6.45) is -0.600. The Bertz CT molecular complexity index is 1580. The largest absolute Gasteiger partial charge is 0.573 e. The number of piperidine rings is 1. The predicted octanol–water partition coefficient (Wildman–Crippen LogP) is 5.93. The number of aromatic nitrogens is 3. The summed E-state index contributed by atoms with van der Waals surface area (Å²) < 4.78 is 54.6. The Morgan fingerprint density at radius 2 is 1.81 bits per heavy atom. The zero-order chi connectivity index (χ0) is 29.5. The molecule has 13 heteroatoms. The summed E-state index contributed by atoms with van der Waals surface area (Å²) in [6.45, 7) is 4.19. The van der Waals surface area contributed by atoms with Crippen molar-refractivity contribution < 1.29 is 32.3 Å². The number of hydrogen-bond donors (Lipinski definition) is 0. The number of anilines is 1. The van der Waals surface area contributed by atoms with Crippen LogP contribution >= 0.6 is 0 Å². The molecule has 0 aliphatic carbocycles. The van der Waals surface area contributed by atoms with Crippen LogP contribution in [0.5, 0.6) is 17.5 Å². The summed E-state index contributed by atoms with van der Waals surface area (Å²) in [5, 5.41) is 11.9. The molecule has 2 aliphatic rings. The monoisotopic (exact) mass is 583 g/mol. The molecule has 1 atom stereocenters. The maximum Gasteiger partial charge on any atom is 0.573 e. The number of hydrogen-bond acceptors (Lipinski definition) is 8. The second kappa shape index (κ2) is 10.7. The topological polar surface area (TPSA) is 105 Å². The van der Waals surface area contributed by atoms with Crippen LogP contribution < -0.4 is 19.1 Å². The van der Waals surface area contributed by atoms with Crippen LogP contribution in [0.15, 0.2) is 60.8 Å². The van der Waals surface area contributed by atoms with Crippen molar-refractivity contribution in [1.82, 2.24) is 14.5 Å². The zero-order valence-electron chi connectivity index (χ0n) is 22.7. The van der Waals surface area contributed by atoms with Crippen LogP contribution in [0.3, 0.4) is 0 Å². The number of ether oxygens (including phenoxy) is 3. The summed E-state index contributed by atoms with van der Waals surface area (Å²) in [4.78, 5) is 21.4. The first-order valence-corrected chi connectivity index (χ1v) is 13.6. The van der Waals surface area contributed by atoms with E-state index in [1.165, 1.54) is 18.3 Å². The minimum Gasteiger partial charge on any atom is -0.489 e. The highest BCUT2D eigenvalue weighted by Crippen LogP contribution is 2.33. The van der Waals surface area contributed by atoms with Gasteiger partial charge < -0.3 is 29.2 Å². The van der Waals surface area contributed by atoms with Crippen LogP contribution in [0.4, 0.5) is 24.8 Å². The van der Waals surface area contributed by atoms with Gasteiger partial charge in [-0.05, 0) is 85.1 Å². The summed E-state index contributed by atoms with van der Waals surface area (Å²) >= 11 is 0. The summed E-state index contributed by atoms with van der Waals surface area (Å²) in [7, 11) is 0. The molecule has 1 saturated heterocycles. The fourth-order valence-corrected chi connectivity index (χ4v) is 5.48. The molecule has 4 aromatic rings. The van der Waals surface area contributed by atoms with Gasteiger partial charge in [0.2, 0.25) is 0 Å². The van der Waals surface area contributed by atoms with Crippen LogP contribution in [-0.4, -0.2) is 51.1 Å². The van der Waals surface area contributed by atoms with Gasteiger partial charge in [0.05, 0.1) is 12.1 Å². The van der Waals surface area contributed by atoms with Gasteiger partial charge in [-0.25, -0.2) is 4.98 Å². The molecule has 220 valence electrons. The highest BCUT2D eigenvalue weighted by atomic mass is 19.4. The number of alkyl halides is 3. The molecule has 4 heterocycles. The Hall–Kier alpha value is -4.55. The van der Waals surface area contributed by atoms with E-state index in [0.29, 0.717) is 18.2 Å². The fraction of sp³-hybridized carbons (Fsp3) is 0.379. The fourth-order valence-electron chi connectivity index (χ4n) is 5.48. The third kappa shape index (κ3) is 6.19. The van der Waals surface area contributed by atoms with E-state index in [1.54, 1.807) is 16.7 Å². The molecule has 0 N–H and O–H groups in total. The van der Waals surface area contributed by atoms with Crippen molar-refractivity contribution in [2.75, 3.05) is 24.6 Å². The molecule has 0 spiro atoms. The minimum absolute atomic E-state index is 0.206. The standard InChI is InChI=1S/C29H28F3N5O5/c1-28(17-36-16-26(37(38)39)34-27(36)42-28)18-40-23-7-8-24-21(15-23)4-9-25(33-24)35-12-10-20(11-13-35)14-19-2-5-22(6-3-19)41-29(30,31)32/h2-9,15-16,20H,10-14,17-18H2,1H3/t28-/m0/s1. The van der Waals surface area contributed by atoms with Crippen molar-refractivity contribution in [1.29, 1.82) is 0 Å². The molecule has 0 bridgehead atoms. The van der Waals surface area contributed by atoms with Crippen molar-refractivity contribution in [3.05, 3.63) is 76.5 Å². The van der Waals surface area contributed by atoms with Crippen molar-refractivity contribution in [2.45, 2.75) is 44.7 Å². The highest BCUT2D eigenvalue weighted by Gasteiger charge is 2.41. The van der Waals surface area contributed by atoms with Crippen LogP contribution in [0.2, 0.25) is 0 Å². The van der Waals surface area contributed by atoms with E-state index in [1.807, 2.05) is 37.3 Å². The molecular weight excluding hydrogens is 555 g/mol. The molecule has 10 nitrogen and oxygen atoms in total. The molecule has 42 heavy (non-hydrogen) atoms. The number of fused-ring (bicyclic) bond motifs is 2. The van der Waals surface area contributed by atoms with Crippen LogP contribution in [-0.2, 0) is 13.0 Å². The number of rotatable bonds is 8. The Morgan fingerprint density at radius 1 is 1.07 bits per heavy atom. The molecule has 0 saturated carbocycles. The van der Waals surface area contributed by atoms with E-state index in [-0.39, 0.29) is 24.2 Å². The third-order valence-electron chi connectivity index (χ3n) is 7.57. The lowest BCUT2D eigenvalue weighted by Gasteiger charge is -2.33. The SMILES string of the molecule is C[C@@]1(COc2ccc3nc(N4CCC(Cc5ccc(OC(F)(F)F)cc5)CC4)ccc3c2)Cn2cc([N+](=O)[O-])nc2O1. The maximum absolute atomic E-state index is 12.4. The van der Waals surface area contributed by atoms with Gasteiger partial charge in [-0.1, -0.05) is 12.1 Å². The summed E-state index contributed by atoms with van der Waals surface area (Å²) in [5.41, 5.74) is 1.14. The van der Waals surface area contributed by atoms with Crippen LogP contribution in [0, 0.1) is 16.0 Å². The van der Waals surface area contributed by atoms with Crippen molar-refractivity contribution in [3.63, 3.8) is 0 Å². The van der Waals surface area contributed by atoms with E-state index in [4.69, 9.17) is 14.5 Å². The third-order valence-corrected chi connectivity index (χ3v) is 7.57. The van der Waals surface area contributed by atoms with E-state index < -0.39 is 16.9 Å². The van der Waals surface area contributed by atoms with Gasteiger partial charge >= 0.3 is 18.2 Å². The van der Waals surface area contributed by atoms with Crippen molar-refractivity contribution >= 4 is 22.5 Å². The molecule has 0 amide bonds. The van der Waals surface area contributed by atoms with E-state index in [9.17, 15) is 23.3 Å². The van der Waals surface area contributed by atoms with Gasteiger partial charge in [0, 0.05) is 23.5 Å². The number of halogens is 3. The lowest BCUT2D eigenvalue weighted by Crippen LogP contribution is -2.38. The smallest absolute Gasteiger partial charge is 0.489 e. The second-order valence-corrected chi connectivity index (χ2v) is 11.0. The lowest BCUT2D eigenvalue weighted by atomic mass is 9.90. The molecule has 2 aromatic heterocycles. The Balaban J connectivity index is 1.01. The van der Waals surface area contributed by atoms with Gasteiger partial charge in [-0.3, -0.25) is 4.57 Å². The number of pyridine rings is 1. The molecule has 2 aromatic carbocycles. The van der Waals surface area contributed by atoms with Crippen LogP contribution in [0.1, 0.15) is 25.3 Å². The maximum atomic E-state index is 12.4. The van der Waals surface area contributed by atoms with Gasteiger partial charge in [0.1, 0.15) is 30.1 Å².